The number of rotatable bonds is 3. The zero-order chi connectivity index (χ0) is 15.5. The van der Waals surface area contributed by atoms with Gasteiger partial charge >= 0.3 is 5.97 Å². The summed E-state index contributed by atoms with van der Waals surface area (Å²) in [5.74, 6) is -0.785. The lowest BCUT2D eigenvalue weighted by Crippen LogP contribution is -2.25. The van der Waals surface area contributed by atoms with Gasteiger partial charge < -0.3 is 4.84 Å². The molecule has 0 spiro atoms. The number of oxime groups is 1. The molecule has 1 amide bonds. The Morgan fingerprint density at radius 2 is 1.77 bits per heavy atom. The first-order chi connectivity index (χ1) is 10.7. The van der Waals surface area contributed by atoms with Crippen molar-refractivity contribution in [2.45, 2.75) is 13.3 Å². The number of hydrogen-bond donors (Lipinski definition) is 0. The molecule has 22 heavy (non-hydrogen) atoms. The zero-order valence-corrected chi connectivity index (χ0v) is 12.0. The number of benzene rings is 2. The molecule has 0 bridgehead atoms. The Bertz CT molecular complexity index is 754. The van der Waals surface area contributed by atoms with Crippen LogP contribution < -0.4 is 4.90 Å². The summed E-state index contributed by atoms with van der Waals surface area (Å²) in [6.45, 7) is 1.67. The summed E-state index contributed by atoms with van der Waals surface area (Å²) in [7, 11) is 0. The van der Waals surface area contributed by atoms with Crippen LogP contribution in [0.1, 0.15) is 18.9 Å². The van der Waals surface area contributed by atoms with E-state index in [0.717, 1.165) is 11.4 Å². The van der Waals surface area contributed by atoms with E-state index in [0.29, 0.717) is 5.56 Å². The van der Waals surface area contributed by atoms with Crippen LogP contribution in [0, 0.1) is 0 Å². The van der Waals surface area contributed by atoms with Crippen molar-refractivity contribution in [1.29, 1.82) is 0 Å². The van der Waals surface area contributed by atoms with Gasteiger partial charge in [-0.1, -0.05) is 48.5 Å². The molecule has 3 rings (SSSR count). The van der Waals surface area contributed by atoms with E-state index in [1.54, 1.807) is 17.9 Å². The second kappa shape index (κ2) is 5.81. The number of para-hydroxylation sites is 2. The number of nitrogens with zero attached hydrogens (tertiary/aromatic N) is 2. The van der Waals surface area contributed by atoms with Crippen molar-refractivity contribution in [3.8, 4) is 0 Å². The van der Waals surface area contributed by atoms with Crippen LogP contribution in [0.15, 0.2) is 59.8 Å². The largest absolute Gasteiger partial charge is 0.334 e. The van der Waals surface area contributed by atoms with Crippen LogP contribution >= 0.6 is 0 Å². The maximum Gasteiger partial charge on any atom is 0.334 e. The monoisotopic (exact) mass is 294 g/mol. The number of hydrogen-bond acceptors (Lipinski definition) is 4. The van der Waals surface area contributed by atoms with Crippen molar-refractivity contribution < 1.29 is 14.4 Å². The van der Waals surface area contributed by atoms with E-state index >= 15 is 0 Å². The number of carbonyl (C=O) groups is 2. The van der Waals surface area contributed by atoms with Gasteiger partial charge in [0.25, 0.3) is 5.91 Å². The minimum Gasteiger partial charge on any atom is -0.317 e. The molecule has 5 heteroatoms. The van der Waals surface area contributed by atoms with E-state index in [1.807, 2.05) is 48.5 Å². The van der Waals surface area contributed by atoms with Crippen molar-refractivity contribution in [1.82, 2.24) is 0 Å². The summed E-state index contributed by atoms with van der Waals surface area (Å²) < 4.78 is 0. The van der Waals surface area contributed by atoms with Gasteiger partial charge in [0.05, 0.1) is 5.69 Å². The fraction of sp³-hybridized carbons (Fsp3) is 0.118. The van der Waals surface area contributed by atoms with Gasteiger partial charge in [0.2, 0.25) is 0 Å². The Morgan fingerprint density at radius 1 is 1.09 bits per heavy atom. The molecular formula is C17H14N2O3. The average Bonchev–Trinajstić information content (AvgIpc) is 2.85. The van der Waals surface area contributed by atoms with Gasteiger partial charge in [0.15, 0.2) is 5.71 Å². The molecule has 5 nitrogen and oxygen atoms in total. The molecule has 0 unspecified atom stereocenters. The Labute approximate surface area is 127 Å². The first-order valence-corrected chi connectivity index (χ1v) is 6.99. The smallest absolute Gasteiger partial charge is 0.317 e. The molecule has 2 aromatic rings. The molecule has 0 N–H and O–H groups in total. The number of anilines is 2. The molecule has 2 aromatic carbocycles. The molecule has 0 aromatic heterocycles. The first kappa shape index (κ1) is 14.0. The fourth-order valence-electron chi connectivity index (χ4n) is 2.28. The van der Waals surface area contributed by atoms with Crippen LogP contribution in [0.2, 0.25) is 0 Å². The predicted molar refractivity (Wildman–Crippen MR) is 83.0 cm³/mol. The standard InChI is InChI=1S/C17H14N2O3/c1-2-15(20)22-18-16-13-10-6-7-11-14(13)19(17(16)21)12-8-4-3-5-9-12/h3-11H,2H2,1H3. The zero-order valence-electron chi connectivity index (χ0n) is 12.0. The molecular weight excluding hydrogens is 280 g/mol. The summed E-state index contributed by atoms with van der Waals surface area (Å²) in [4.78, 5) is 30.3. The van der Waals surface area contributed by atoms with E-state index in [9.17, 15) is 9.59 Å². The molecule has 0 aliphatic carbocycles. The molecule has 0 saturated carbocycles. The van der Waals surface area contributed by atoms with Gasteiger partial charge in [-0.25, -0.2) is 4.79 Å². The molecule has 0 radical (unpaired) electrons. The number of carbonyl (C=O) groups excluding carboxylic acids is 2. The van der Waals surface area contributed by atoms with Crippen molar-refractivity contribution >= 4 is 29.0 Å². The summed E-state index contributed by atoms with van der Waals surface area (Å²) >= 11 is 0. The van der Waals surface area contributed by atoms with Crippen molar-refractivity contribution in [3.05, 3.63) is 60.2 Å². The van der Waals surface area contributed by atoms with Crippen LogP contribution in [0.5, 0.6) is 0 Å². The highest BCUT2D eigenvalue weighted by Crippen LogP contribution is 2.35. The second-order valence-corrected chi connectivity index (χ2v) is 4.75. The predicted octanol–water partition coefficient (Wildman–Crippen LogP) is 3.02. The Balaban J connectivity index is 2.05. The lowest BCUT2D eigenvalue weighted by molar-refractivity contribution is -0.143. The summed E-state index contributed by atoms with van der Waals surface area (Å²) in [6, 6.07) is 16.6. The summed E-state index contributed by atoms with van der Waals surface area (Å²) in [5.41, 5.74) is 2.26. The maximum atomic E-state index is 12.7. The Hall–Kier alpha value is -2.95. The first-order valence-electron chi connectivity index (χ1n) is 6.99. The topological polar surface area (TPSA) is 59.0 Å². The summed E-state index contributed by atoms with van der Waals surface area (Å²) in [6.07, 6.45) is 0.203. The number of amides is 1. The van der Waals surface area contributed by atoms with Gasteiger partial charge in [0, 0.05) is 17.7 Å². The number of fused-ring (bicyclic) bond motifs is 1. The molecule has 110 valence electrons. The van der Waals surface area contributed by atoms with Crippen LogP contribution in [0.25, 0.3) is 0 Å². The van der Waals surface area contributed by atoms with Gasteiger partial charge in [-0.3, -0.25) is 9.69 Å². The van der Waals surface area contributed by atoms with Crippen LogP contribution in [-0.2, 0) is 14.4 Å². The molecule has 1 aliphatic heterocycles. The minimum atomic E-state index is -0.476. The molecule has 1 aliphatic rings. The molecule has 0 saturated heterocycles. The third-order valence-electron chi connectivity index (χ3n) is 3.35. The normalized spacial score (nSPS) is 15.0. The van der Waals surface area contributed by atoms with Crippen LogP contribution in [-0.4, -0.2) is 17.6 Å². The highest BCUT2D eigenvalue weighted by atomic mass is 16.7. The molecule has 0 fully saturated rings. The highest BCUT2D eigenvalue weighted by Gasteiger charge is 2.35. The van der Waals surface area contributed by atoms with E-state index in [-0.39, 0.29) is 18.0 Å². The SMILES string of the molecule is CCC(=O)ON=C1C(=O)N(c2ccccc2)c2ccccc21. The second-order valence-electron chi connectivity index (χ2n) is 4.75. The van der Waals surface area contributed by atoms with Crippen molar-refractivity contribution in [2.75, 3.05) is 4.90 Å². The van der Waals surface area contributed by atoms with Gasteiger partial charge in [0.1, 0.15) is 0 Å². The van der Waals surface area contributed by atoms with E-state index in [2.05, 4.69) is 5.16 Å². The Morgan fingerprint density at radius 3 is 2.50 bits per heavy atom. The fourth-order valence-corrected chi connectivity index (χ4v) is 2.28. The Kier molecular flexibility index (Phi) is 3.70. The van der Waals surface area contributed by atoms with Crippen LogP contribution in [0.4, 0.5) is 11.4 Å². The van der Waals surface area contributed by atoms with E-state index in [1.165, 1.54) is 0 Å². The lowest BCUT2D eigenvalue weighted by Gasteiger charge is -2.16. The van der Waals surface area contributed by atoms with E-state index < -0.39 is 5.97 Å². The molecule has 0 atom stereocenters. The van der Waals surface area contributed by atoms with Gasteiger partial charge in [-0.2, -0.15) is 0 Å². The lowest BCUT2D eigenvalue weighted by atomic mass is 10.1. The van der Waals surface area contributed by atoms with E-state index in [4.69, 9.17) is 4.84 Å². The highest BCUT2D eigenvalue weighted by molar-refractivity contribution is 6.55. The summed E-state index contributed by atoms with van der Waals surface area (Å²) in [5, 5.41) is 3.77. The van der Waals surface area contributed by atoms with Gasteiger partial charge in [-0.15, -0.1) is 0 Å². The van der Waals surface area contributed by atoms with Crippen molar-refractivity contribution in [3.63, 3.8) is 0 Å². The van der Waals surface area contributed by atoms with Crippen molar-refractivity contribution in [2.24, 2.45) is 5.16 Å². The minimum absolute atomic E-state index is 0.140. The quantitative estimate of drug-likeness (QED) is 0.646. The third kappa shape index (κ3) is 2.37. The van der Waals surface area contributed by atoms with Crippen LogP contribution in [0.3, 0.4) is 0 Å². The maximum absolute atomic E-state index is 12.7. The van der Waals surface area contributed by atoms with Gasteiger partial charge in [-0.05, 0) is 18.2 Å². The average molecular weight is 294 g/mol. The molecule has 1 heterocycles. The third-order valence-corrected chi connectivity index (χ3v) is 3.35.